The molecule has 1 aliphatic heterocycles. The fourth-order valence-electron chi connectivity index (χ4n) is 3.24. The van der Waals surface area contributed by atoms with E-state index in [0.717, 1.165) is 19.3 Å². The Morgan fingerprint density at radius 3 is 2.33 bits per heavy atom. The number of hydrogen-bond donors (Lipinski definition) is 2. The monoisotopic (exact) mass is 369 g/mol. The summed E-state index contributed by atoms with van der Waals surface area (Å²) in [5, 5.41) is 12.4. The molecule has 1 fully saturated rings. The molecule has 0 bridgehead atoms. The Morgan fingerprint density at radius 1 is 1.37 bits per heavy atom. The average molecular weight is 369 g/mol. The average Bonchev–Trinajstić information content (AvgIpc) is 3.37. The highest BCUT2D eigenvalue weighted by atomic mass is 16.6. The number of nitrogens with one attached hydrogen (secondary N) is 1. The van der Waals surface area contributed by atoms with Gasteiger partial charge in [-0.25, -0.2) is 4.79 Å². The summed E-state index contributed by atoms with van der Waals surface area (Å²) in [5.74, 6) is -1.02. The van der Waals surface area contributed by atoms with Crippen LogP contribution in [0.15, 0.2) is 11.6 Å². The highest BCUT2D eigenvalue weighted by Gasteiger charge is 2.40. The summed E-state index contributed by atoms with van der Waals surface area (Å²) >= 11 is 0. The van der Waals surface area contributed by atoms with E-state index in [-0.39, 0.29) is 30.1 Å². The maximum atomic E-state index is 11.6. The molecule has 0 spiro atoms. The summed E-state index contributed by atoms with van der Waals surface area (Å²) in [6.45, 7) is 6.28. The fraction of sp³-hybridized carbons (Fsp3) is 0.765. The van der Waals surface area contributed by atoms with E-state index in [1.807, 2.05) is 13.8 Å². The number of carboxylic acids is 1. The first-order valence-corrected chi connectivity index (χ1v) is 9.42. The molecule has 0 saturated carbocycles. The van der Waals surface area contributed by atoms with Crippen molar-refractivity contribution in [2.45, 2.75) is 70.8 Å². The third-order valence-electron chi connectivity index (χ3n) is 4.58. The third kappa shape index (κ3) is 9.06. The van der Waals surface area contributed by atoms with E-state index in [0.29, 0.717) is 18.6 Å². The van der Waals surface area contributed by atoms with Crippen LogP contribution in [-0.2, 0) is 19.1 Å². The highest BCUT2D eigenvalue weighted by molar-refractivity contribution is 7.49. The van der Waals surface area contributed by atoms with Crippen molar-refractivity contribution in [2.75, 3.05) is 6.61 Å². The van der Waals surface area contributed by atoms with Crippen molar-refractivity contribution in [3.63, 3.8) is 0 Å². The van der Waals surface area contributed by atoms with Gasteiger partial charge in [-0.1, -0.05) is 13.8 Å². The number of aliphatic carboxylic acids is 1. The number of hydrogen-bond acceptors (Lipinski definition) is 4. The van der Waals surface area contributed by atoms with Gasteiger partial charge in [0, 0.05) is 42.1 Å². The van der Waals surface area contributed by atoms with E-state index in [9.17, 15) is 14.7 Å². The zero-order chi connectivity index (χ0) is 20.6. The molecule has 0 aromatic carbocycles. The number of epoxide rings is 1. The standard InChI is InChI=1S/C17H27NO5.B4/c1-4-13(5-2)23-15-8-12(17(20)21)6-11(7-14-9-22-14)16(15)18-10(3)19;1-4(2)3/h8,11,13-16H,4-7,9H2,1-3H3,(H,18,19)(H,20,21);/t11-,14?,15-,16-;/m1./s1. The van der Waals surface area contributed by atoms with Crippen molar-refractivity contribution in [1.29, 1.82) is 0 Å². The van der Waals surface area contributed by atoms with Crippen molar-refractivity contribution in [2.24, 2.45) is 5.92 Å². The van der Waals surface area contributed by atoms with Crippen LogP contribution < -0.4 is 5.32 Å². The lowest BCUT2D eigenvalue weighted by molar-refractivity contribution is -0.133. The highest BCUT2D eigenvalue weighted by Crippen LogP contribution is 2.34. The Bertz CT molecular complexity index is 521. The topological polar surface area (TPSA) is 88.2 Å². The van der Waals surface area contributed by atoms with Crippen LogP contribution in [-0.4, -0.2) is 77.5 Å². The number of ether oxygens (including phenoxy) is 2. The Balaban J connectivity index is 0.000000828. The van der Waals surface area contributed by atoms with Crippen molar-refractivity contribution < 1.29 is 24.2 Å². The molecule has 0 aromatic heterocycles. The zero-order valence-corrected chi connectivity index (χ0v) is 16.4. The molecule has 142 valence electrons. The molecule has 1 amide bonds. The molecule has 4 atom stereocenters. The predicted octanol–water partition coefficient (Wildman–Crippen LogP) is 0.362. The summed E-state index contributed by atoms with van der Waals surface area (Å²) in [6.07, 6.45) is 3.72. The summed E-state index contributed by atoms with van der Waals surface area (Å²) in [7, 11) is 14.0. The van der Waals surface area contributed by atoms with Gasteiger partial charge in [0.2, 0.25) is 5.91 Å². The molecule has 10 heteroatoms. The molecule has 2 aliphatic rings. The lowest BCUT2D eigenvalue weighted by atomic mass is 9.08. The Kier molecular flexibility index (Phi) is 10.3. The second kappa shape index (κ2) is 11.6. The van der Waals surface area contributed by atoms with E-state index in [1.165, 1.54) is 6.92 Å². The quantitative estimate of drug-likeness (QED) is 0.477. The van der Waals surface area contributed by atoms with Gasteiger partial charge < -0.3 is 19.9 Å². The molecule has 27 heavy (non-hydrogen) atoms. The summed E-state index contributed by atoms with van der Waals surface area (Å²) in [6, 6.07) is -0.208. The van der Waals surface area contributed by atoms with Crippen LogP contribution >= 0.6 is 0 Å². The summed E-state index contributed by atoms with van der Waals surface area (Å²) in [4.78, 5) is 23.1. The van der Waals surface area contributed by atoms with E-state index < -0.39 is 18.5 Å². The van der Waals surface area contributed by atoms with Gasteiger partial charge in [0.15, 0.2) is 0 Å². The first kappa shape index (κ1) is 23.9. The number of rotatable bonds is 8. The lowest BCUT2D eigenvalue weighted by Gasteiger charge is -2.38. The minimum Gasteiger partial charge on any atom is -0.478 e. The molecule has 6 nitrogen and oxygen atoms in total. The molecule has 2 N–H and O–H groups in total. The fourth-order valence-corrected chi connectivity index (χ4v) is 3.24. The maximum Gasteiger partial charge on any atom is 0.331 e. The largest absolute Gasteiger partial charge is 0.478 e. The SMILES string of the molecule is CCC(CC)O[C@@H]1C=C(C(=O)O)C[C@H](CC2CO2)[C@H]1NC(C)=O.[B]B([B])[B]. The van der Waals surface area contributed by atoms with Gasteiger partial charge in [0.1, 0.15) is 0 Å². The first-order valence-electron chi connectivity index (χ1n) is 9.42. The van der Waals surface area contributed by atoms with Gasteiger partial charge >= 0.3 is 5.97 Å². The van der Waals surface area contributed by atoms with Crippen LogP contribution in [0.3, 0.4) is 0 Å². The van der Waals surface area contributed by atoms with Gasteiger partial charge in [-0.3, -0.25) is 4.79 Å². The zero-order valence-electron chi connectivity index (χ0n) is 16.4. The lowest BCUT2D eigenvalue weighted by Crippen LogP contribution is -2.51. The van der Waals surface area contributed by atoms with Crippen LogP contribution in [0.5, 0.6) is 0 Å². The van der Waals surface area contributed by atoms with Crippen molar-refractivity contribution >= 4 is 41.5 Å². The molecule has 2 rings (SSSR count). The molecule has 1 saturated heterocycles. The summed E-state index contributed by atoms with van der Waals surface area (Å²) in [5.41, 5.74) is 0.369. The minimum atomic E-state index is -0.911. The number of carbonyl (C=O) groups excluding carboxylic acids is 1. The van der Waals surface area contributed by atoms with Crippen molar-refractivity contribution in [3.05, 3.63) is 11.6 Å². The summed E-state index contributed by atoms with van der Waals surface area (Å²) < 4.78 is 11.4. The first-order chi connectivity index (χ1) is 12.7. The van der Waals surface area contributed by atoms with Crippen LogP contribution in [0.2, 0.25) is 0 Å². The molecular formula is C17H27B4NO5. The molecule has 0 aromatic rings. The molecule has 1 unspecified atom stereocenters. The van der Waals surface area contributed by atoms with Crippen molar-refractivity contribution in [3.8, 4) is 0 Å². The van der Waals surface area contributed by atoms with Crippen LogP contribution in [0, 0.1) is 5.92 Å². The van der Waals surface area contributed by atoms with E-state index in [4.69, 9.17) is 9.47 Å². The molecule has 1 heterocycles. The molecule has 1 aliphatic carbocycles. The van der Waals surface area contributed by atoms with Gasteiger partial charge in [0.25, 0.3) is 0 Å². The second-order valence-electron chi connectivity index (χ2n) is 7.00. The smallest absolute Gasteiger partial charge is 0.331 e. The van der Waals surface area contributed by atoms with Crippen molar-refractivity contribution in [1.82, 2.24) is 5.32 Å². The normalized spacial score (nSPS) is 26.4. The van der Waals surface area contributed by atoms with Gasteiger partial charge in [-0.15, -0.1) is 0 Å². The van der Waals surface area contributed by atoms with Gasteiger partial charge in [0.05, 0.1) is 31.0 Å². The second-order valence-corrected chi connectivity index (χ2v) is 7.00. The van der Waals surface area contributed by atoms with Crippen LogP contribution in [0.4, 0.5) is 0 Å². The predicted molar refractivity (Wildman–Crippen MR) is 108 cm³/mol. The Morgan fingerprint density at radius 2 is 1.93 bits per heavy atom. The number of carbonyl (C=O) groups is 2. The third-order valence-corrected chi connectivity index (χ3v) is 4.58. The van der Waals surface area contributed by atoms with E-state index in [2.05, 4.69) is 28.5 Å². The maximum absolute atomic E-state index is 11.6. The molecule has 6 radical (unpaired) electrons. The van der Waals surface area contributed by atoms with Crippen LogP contribution in [0.1, 0.15) is 46.5 Å². The van der Waals surface area contributed by atoms with E-state index in [1.54, 1.807) is 6.08 Å². The van der Waals surface area contributed by atoms with Gasteiger partial charge in [-0.05, 0) is 37.7 Å². The number of amides is 1. The molecular weight excluding hydrogens is 341 g/mol. The Hall–Kier alpha value is -1.14. The number of carboxylic acid groups (broad SMARTS) is 1. The Labute approximate surface area is 166 Å². The van der Waals surface area contributed by atoms with Crippen LogP contribution in [0.25, 0.3) is 0 Å². The van der Waals surface area contributed by atoms with E-state index >= 15 is 0 Å². The minimum absolute atomic E-state index is 0.0156. The van der Waals surface area contributed by atoms with Gasteiger partial charge in [-0.2, -0.15) is 0 Å².